The zero-order valence-electron chi connectivity index (χ0n) is 11.3. The summed E-state index contributed by atoms with van der Waals surface area (Å²) in [5, 5.41) is 4.19. The molecule has 114 valence electrons. The molecular weight excluding hydrogens is 346 g/mol. The molecule has 0 aliphatic carbocycles. The minimum absolute atomic E-state index is 0.235. The van der Waals surface area contributed by atoms with Crippen LogP contribution in [0.25, 0.3) is 0 Å². The van der Waals surface area contributed by atoms with Gasteiger partial charge in [0.2, 0.25) is 0 Å². The molecule has 1 atom stereocenters. The molecule has 1 aromatic carbocycles. The maximum absolute atomic E-state index is 14.0. The van der Waals surface area contributed by atoms with Crippen LogP contribution in [0.15, 0.2) is 28.9 Å². The van der Waals surface area contributed by atoms with Crippen molar-refractivity contribution in [3.8, 4) is 0 Å². The van der Waals surface area contributed by atoms with Gasteiger partial charge >= 0.3 is 0 Å². The molecule has 0 aliphatic rings. The van der Waals surface area contributed by atoms with Crippen LogP contribution in [-0.2, 0) is 11.3 Å². The Hall–Kier alpha value is -1.35. The summed E-state index contributed by atoms with van der Waals surface area (Å²) in [6.45, 7) is 0.933. The van der Waals surface area contributed by atoms with Crippen molar-refractivity contribution in [3.05, 3.63) is 51.8 Å². The zero-order valence-corrected chi connectivity index (χ0v) is 12.9. The molecule has 0 fully saturated rings. The first kappa shape index (κ1) is 16.0. The number of hydrogen-bond acceptors (Lipinski definition) is 4. The predicted octanol–water partition coefficient (Wildman–Crippen LogP) is 2.12. The normalized spacial score (nSPS) is 12.6. The fourth-order valence-electron chi connectivity index (χ4n) is 2.07. The van der Waals surface area contributed by atoms with Gasteiger partial charge in [0, 0.05) is 18.7 Å². The summed E-state index contributed by atoms with van der Waals surface area (Å²) in [5.74, 6) is 4.25. The monoisotopic (exact) mass is 360 g/mol. The molecule has 0 spiro atoms. The number of methoxy groups -OCH3 is 1. The van der Waals surface area contributed by atoms with Crippen LogP contribution in [0, 0.1) is 11.6 Å². The van der Waals surface area contributed by atoms with Gasteiger partial charge < -0.3 is 4.74 Å². The van der Waals surface area contributed by atoms with E-state index >= 15 is 0 Å². The summed E-state index contributed by atoms with van der Waals surface area (Å²) < 4.78 is 34.4. The van der Waals surface area contributed by atoms with Crippen LogP contribution in [0.3, 0.4) is 0 Å². The average molecular weight is 361 g/mol. The summed E-state index contributed by atoms with van der Waals surface area (Å²) in [6.07, 6.45) is 1.59. The minimum Gasteiger partial charge on any atom is -0.383 e. The quantitative estimate of drug-likeness (QED) is 0.611. The summed E-state index contributed by atoms with van der Waals surface area (Å²) in [4.78, 5) is 0. The van der Waals surface area contributed by atoms with Crippen molar-refractivity contribution in [1.29, 1.82) is 0 Å². The Kier molecular flexibility index (Phi) is 5.40. The van der Waals surface area contributed by atoms with Gasteiger partial charge in [0.1, 0.15) is 11.6 Å². The van der Waals surface area contributed by atoms with Crippen molar-refractivity contribution in [2.75, 3.05) is 13.7 Å². The van der Waals surface area contributed by atoms with E-state index in [1.807, 2.05) is 0 Å². The van der Waals surface area contributed by atoms with Gasteiger partial charge in [-0.05, 0) is 22.0 Å². The molecule has 0 saturated carbocycles. The molecule has 8 heteroatoms. The number of ether oxygens (including phenoxy) is 1. The van der Waals surface area contributed by atoms with E-state index in [1.165, 1.54) is 12.1 Å². The van der Waals surface area contributed by atoms with Gasteiger partial charge in [-0.25, -0.2) is 14.2 Å². The van der Waals surface area contributed by atoms with Crippen LogP contribution >= 0.6 is 15.9 Å². The molecule has 5 nitrogen and oxygen atoms in total. The second-order valence-corrected chi connectivity index (χ2v) is 5.21. The number of hydrazine groups is 1. The average Bonchev–Trinajstić information content (AvgIpc) is 2.81. The van der Waals surface area contributed by atoms with Crippen molar-refractivity contribution >= 4 is 15.9 Å². The molecule has 0 aliphatic heterocycles. The Balaban J connectivity index is 2.43. The first-order valence-electron chi connectivity index (χ1n) is 6.19. The number of benzene rings is 1. The first-order valence-corrected chi connectivity index (χ1v) is 6.99. The maximum atomic E-state index is 14.0. The smallest absolute Gasteiger partial charge is 0.131 e. The second kappa shape index (κ2) is 7.08. The van der Waals surface area contributed by atoms with Gasteiger partial charge in [-0.15, -0.1) is 0 Å². The molecule has 1 unspecified atom stereocenters. The van der Waals surface area contributed by atoms with Gasteiger partial charge in [-0.2, -0.15) is 5.10 Å². The fourth-order valence-corrected chi connectivity index (χ4v) is 2.59. The lowest BCUT2D eigenvalue weighted by Crippen LogP contribution is -2.32. The lowest BCUT2D eigenvalue weighted by Gasteiger charge is -2.19. The van der Waals surface area contributed by atoms with Crippen LogP contribution in [-0.4, -0.2) is 23.5 Å². The number of aromatic nitrogens is 2. The van der Waals surface area contributed by atoms with Crippen molar-refractivity contribution in [3.63, 3.8) is 0 Å². The third kappa shape index (κ3) is 3.46. The standard InChI is InChI=1S/C13H15BrF2N4O/c1-21-5-4-20-13(10(14)7-18-20)12(19-17)9-3-2-8(15)6-11(9)16/h2-3,6-7,12,19H,4-5,17H2,1H3. The number of nitrogens with one attached hydrogen (secondary N) is 1. The van der Waals surface area contributed by atoms with Crippen LogP contribution < -0.4 is 11.3 Å². The van der Waals surface area contributed by atoms with E-state index in [-0.39, 0.29) is 5.56 Å². The van der Waals surface area contributed by atoms with Gasteiger partial charge in [-0.3, -0.25) is 10.5 Å². The molecule has 0 radical (unpaired) electrons. The van der Waals surface area contributed by atoms with Crippen molar-refractivity contribution in [2.24, 2.45) is 5.84 Å². The molecule has 1 aromatic heterocycles. The van der Waals surface area contributed by atoms with E-state index in [0.29, 0.717) is 23.3 Å². The van der Waals surface area contributed by atoms with Gasteiger partial charge in [0.05, 0.1) is 35.6 Å². The molecule has 2 rings (SSSR count). The van der Waals surface area contributed by atoms with E-state index in [0.717, 1.165) is 6.07 Å². The fraction of sp³-hybridized carbons (Fsp3) is 0.308. The van der Waals surface area contributed by atoms with Crippen LogP contribution in [0.4, 0.5) is 8.78 Å². The van der Waals surface area contributed by atoms with Crippen LogP contribution in [0.1, 0.15) is 17.3 Å². The molecule has 21 heavy (non-hydrogen) atoms. The SMILES string of the molecule is COCCn1ncc(Br)c1C(NN)c1ccc(F)cc1F. The molecule has 1 heterocycles. The van der Waals surface area contributed by atoms with Gasteiger partial charge in [-0.1, -0.05) is 6.07 Å². The molecule has 0 bridgehead atoms. The highest BCUT2D eigenvalue weighted by molar-refractivity contribution is 9.10. The predicted molar refractivity (Wildman–Crippen MR) is 77.3 cm³/mol. The minimum atomic E-state index is -0.677. The van der Waals surface area contributed by atoms with E-state index in [2.05, 4.69) is 26.5 Å². The highest BCUT2D eigenvalue weighted by Gasteiger charge is 2.23. The highest BCUT2D eigenvalue weighted by atomic mass is 79.9. The summed E-state index contributed by atoms with van der Waals surface area (Å²) in [7, 11) is 1.58. The molecule has 3 N–H and O–H groups in total. The third-order valence-corrected chi connectivity index (χ3v) is 3.67. The van der Waals surface area contributed by atoms with E-state index in [9.17, 15) is 8.78 Å². The Labute approximate surface area is 129 Å². The lowest BCUT2D eigenvalue weighted by molar-refractivity contribution is 0.182. The first-order chi connectivity index (χ1) is 10.1. The Morgan fingerprint density at radius 2 is 2.24 bits per heavy atom. The number of nitrogens with zero attached hydrogens (tertiary/aromatic N) is 2. The Morgan fingerprint density at radius 1 is 1.48 bits per heavy atom. The lowest BCUT2D eigenvalue weighted by atomic mass is 10.0. The second-order valence-electron chi connectivity index (χ2n) is 4.36. The summed E-state index contributed by atoms with van der Waals surface area (Å²) in [5.41, 5.74) is 3.42. The van der Waals surface area contributed by atoms with E-state index < -0.39 is 17.7 Å². The van der Waals surface area contributed by atoms with E-state index in [1.54, 1.807) is 18.0 Å². The summed E-state index contributed by atoms with van der Waals surface area (Å²) >= 11 is 3.37. The molecular formula is C13H15BrF2N4O. The number of nitrogens with two attached hydrogens (primary N) is 1. The van der Waals surface area contributed by atoms with Crippen molar-refractivity contribution in [1.82, 2.24) is 15.2 Å². The maximum Gasteiger partial charge on any atom is 0.131 e. The van der Waals surface area contributed by atoms with E-state index in [4.69, 9.17) is 10.6 Å². The zero-order chi connectivity index (χ0) is 15.4. The van der Waals surface area contributed by atoms with Crippen LogP contribution in [0.2, 0.25) is 0 Å². The largest absolute Gasteiger partial charge is 0.383 e. The third-order valence-electron chi connectivity index (χ3n) is 3.05. The van der Waals surface area contributed by atoms with Crippen molar-refractivity contribution < 1.29 is 13.5 Å². The summed E-state index contributed by atoms with van der Waals surface area (Å²) in [6, 6.07) is 2.70. The Bertz CT molecular complexity index is 620. The van der Waals surface area contributed by atoms with Gasteiger partial charge in [0.15, 0.2) is 0 Å². The van der Waals surface area contributed by atoms with Crippen LogP contribution in [0.5, 0.6) is 0 Å². The highest BCUT2D eigenvalue weighted by Crippen LogP contribution is 2.29. The Morgan fingerprint density at radius 3 is 2.86 bits per heavy atom. The molecule has 0 amide bonds. The number of halogens is 3. The topological polar surface area (TPSA) is 65.1 Å². The molecule has 0 saturated heterocycles. The van der Waals surface area contributed by atoms with Crippen molar-refractivity contribution in [2.45, 2.75) is 12.6 Å². The number of hydrogen-bond donors (Lipinski definition) is 2. The van der Waals surface area contributed by atoms with Gasteiger partial charge in [0.25, 0.3) is 0 Å². The molecule has 2 aromatic rings. The number of rotatable bonds is 6.